The van der Waals surface area contributed by atoms with Crippen LogP contribution in [0.15, 0.2) is 22.3 Å². The van der Waals surface area contributed by atoms with Crippen LogP contribution in [-0.4, -0.2) is 18.4 Å². The quantitative estimate of drug-likeness (QED) is 0.492. The third-order valence-electron chi connectivity index (χ3n) is 8.14. The predicted octanol–water partition coefficient (Wildman–Crippen LogP) is 5.18. The number of carbonyl (C=O) groups excluding carboxylic acids is 2. The van der Waals surface area contributed by atoms with Gasteiger partial charge in [-0.2, -0.15) is 0 Å². The Bertz CT molecular complexity index is 708. The molecule has 26 heavy (non-hydrogen) atoms. The minimum Gasteiger partial charge on any atom is -0.463 e. The van der Waals surface area contributed by atoms with Crippen LogP contribution < -0.4 is 0 Å². The van der Waals surface area contributed by atoms with Gasteiger partial charge in [-0.05, 0) is 68.1 Å². The van der Waals surface area contributed by atoms with E-state index in [4.69, 9.17) is 16.3 Å². The fourth-order valence-corrected chi connectivity index (χ4v) is 7.04. The summed E-state index contributed by atoms with van der Waals surface area (Å²) < 4.78 is 5.54. The molecule has 4 heteroatoms. The fourth-order valence-electron chi connectivity index (χ4n) is 6.74. The first-order chi connectivity index (χ1) is 12.3. The van der Waals surface area contributed by atoms with E-state index in [-0.39, 0.29) is 17.5 Å². The molecule has 4 aliphatic rings. The number of halogens is 1. The number of hydrogen-bond acceptors (Lipinski definition) is 3. The van der Waals surface area contributed by atoms with Gasteiger partial charge in [0.15, 0.2) is 6.29 Å². The number of hydrogen-bond donors (Lipinski definition) is 0. The molecule has 3 nitrogen and oxygen atoms in total. The number of rotatable bonds is 2. The van der Waals surface area contributed by atoms with Gasteiger partial charge < -0.3 is 4.74 Å². The number of ether oxygens (including phenoxy) is 1. The summed E-state index contributed by atoms with van der Waals surface area (Å²) in [7, 11) is 0. The van der Waals surface area contributed by atoms with E-state index >= 15 is 0 Å². The molecule has 0 heterocycles. The highest BCUT2D eigenvalue weighted by Crippen LogP contribution is 2.66. The SMILES string of the molecule is CC(=O)OC1CCC2(C)C(CCC3C4=CC(C=O)=C(Cl)C4(C)CCC32)C1. The van der Waals surface area contributed by atoms with E-state index < -0.39 is 0 Å². The topological polar surface area (TPSA) is 43.4 Å². The average Bonchev–Trinajstić information content (AvgIpc) is 2.86. The van der Waals surface area contributed by atoms with Crippen LogP contribution in [0.5, 0.6) is 0 Å². The molecule has 0 aliphatic heterocycles. The summed E-state index contributed by atoms with van der Waals surface area (Å²) in [5, 5.41) is 0.756. The molecule has 6 atom stereocenters. The lowest BCUT2D eigenvalue weighted by molar-refractivity contribution is -0.154. The molecule has 0 bridgehead atoms. The Kier molecular flexibility index (Phi) is 4.38. The lowest BCUT2D eigenvalue weighted by Gasteiger charge is -2.59. The van der Waals surface area contributed by atoms with E-state index in [1.807, 2.05) is 0 Å². The van der Waals surface area contributed by atoms with Gasteiger partial charge in [0.25, 0.3) is 0 Å². The molecule has 4 aliphatic carbocycles. The minimum atomic E-state index is -0.154. The van der Waals surface area contributed by atoms with Gasteiger partial charge in [-0.3, -0.25) is 9.59 Å². The van der Waals surface area contributed by atoms with Crippen molar-refractivity contribution in [2.75, 3.05) is 0 Å². The molecule has 0 amide bonds. The van der Waals surface area contributed by atoms with Gasteiger partial charge in [-0.25, -0.2) is 0 Å². The Morgan fingerprint density at radius 1 is 1.23 bits per heavy atom. The molecule has 0 spiro atoms. The summed E-state index contributed by atoms with van der Waals surface area (Å²) in [4.78, 5) is 22.8. The van der Waals surface area contributed by atoms with E-state index in [1.54, 1.807) is 0 Å². The van der Waals surface area contributed by atoms with Crippen molar-refractivity contribution in [3.05, 3.63) is 22.3 Å². The summed E-state index contributed by atoms with van der Waals surface area (Å²) >= 11 is 6.61. The summed E-state index contributed by atoms with van der Waals surface area (Å²) in [5.41, 5.74) is 2.27. The van der Waals surface area contributed by atoms with Crippen molar-refractivity contribution in [3.8, 4) is 0 Å². The Labute approximate surface area is 161 Å². The molecule has 4 rings (SSSR count). The third kappa shape index (κ3) is 2.53. The lowest BCUT2D eigenvalue weighted by Crippen LogP contribution is -2.51. The van der Waals surface area contributed by atoms with Gasteiger partial charge in [-0.15, -0.1) is 0 Å². The van der Waals surface area contributed by atoms with Crippen molar-refractivity contribution in [2.24, 2.45) is 28.6 Å². The molecular weight excluding hydrogens is 348 g/mol. The maximum atomic E-state index is 11.5. The number of allylic oxidation sites excluding steroid dienone is 4. The summed E-state index contributed by atoms with van der Waals surface area (Å²) in [6, 6.07) is 0. The van der Waals surface area contributed by atoms with E-state index in [0.29, 0.717) is 28.7 Å². The van der Waals surface area contributed by atoms with Crippen LogP contribution in [-0.2, 0) is 14.3 Å². The smallest absolute Gasteiger partial charge is 0.302 e. The standard InChI is InChI=1S/C22H29ClO3/c1-13(25)26-16-6-8-21(2)15(11-16)4-5-17-18(21)7-9-22(3)19(17)10-14(12-24)20(22)23/h10,12,15-18H,4-9,11H2,1-3H3. The van der Waals surface area contributed by atoms with Crippen molar-refractivity contribution < 1.29 is 14.3 Å². The fraction of sp³-hybridized carbons (Fsp3) is 0.727. The molecule has 3 fully saturated rings. The molecule has 6 unspecified atom stereocenters. The first-order valence-corrected chi connectivity index (χ1v) is 10.4. The average molecular weight is 377 g/mol. The molecule has 3 saturated carbocycles. The maximum absolute atomic E-state index is 11.5. The van der Waals surface area contributed by atoms with Crippen LogP contribution in [0, 0.1) is 28.6 Å². The van der Waals surface area contributed by atoms with Gasteiger partial charge in [-0.1, -0.05) is 37.1 Å². The molecule has 0 N–H and O–H groups in total. The van der Waals surface area contributed by atoms with Gasteiger partial charge in [0, 0.05) is 22.9 Å². The summed E-state index contributed by atoms with van der Waals surface area (Å²) in [6.07, 6.45) is 10.8. The van der Waals surface area contributed by atoms with Gasteiger partial charge in [0.05, 0.1) is 0 Å². The van der Waals surface area contributed by atoms with Crippen LogP contribution in [0.1, 0.15) is 65.7 Å². The zero-order valence-corrected chi connectivity index (χ0v) is 16.8. The van der Waals surface area contributed by atoms with Gasteiger partial charge in [0.2, 0.25) is 0 Å². The second-order valence-electron chi connectivity index (χ2n) is 9.36. The van der Waals surface area contributed by atoms with Crippen LogP contribution in [0.2, 0.25) is 0 Å². The molecule has 0 aromatic rings. The van der Waals surface area contributed by atoms with Crippen molar-refractivity contribution >= 4 is 23.9 Å². The highest BCUT2D eigenvalue weighted by atomic mass is 35.5. The Morgan fingerprint density at radius 3 is 2.69 bits per heavy atom. The van der Waals surface area contributed by atoms with E-state index in [9.17, 15) is 9.59 Å². The Hall–Kier alpha value is -1.09. The van der Waals surface area contributed by atoms with Crippen LogP contribution in [0.25, 0.3) is 0 Å². The highest BCUT2D eigenvalue weighted by Gasteiger charge is 2.57. The number of aldehydes is 1. The largest absolute Gasteiger partial charge is 0.463 e. The minimum absolute atomic E-state index is 0.0967. The highest BCUT2D eigenvalue weighted by molar-refractivity contribution is 6.33. The first kappa shape index (κ1) is 18.3. The molecule has 0 aromatic heterocycles. The van der Waals surface area contributed by atoms with Crippen molar-refractivity contribution in [2.45, 2.75) is 71.8 Å². The van der Waals surface area contributed by atoms with E-state index in [0.717, 1.165) is 43.4 Å². The monoisotopic (exact) mass is 376 g/mol. The van der Waals surface area contributed by atoms with Crippen molar-refractivity contribution in [1.82, 2.24) is 0 Å². The third-order valence-corrected chi connectivity index (χ3v) is 8.78. The molecular formula is C22H29ClO3. The van der Waals surface area contributed by atoms with Gasteiger partial charge >= 0.3 is 5.97 Å². The summed E-state index contributed by atoms with van der Waals surface area (Å²) in [5.74, 6) is 1.65. The zero-order chi connectivity index (χ0) is 18.7. The van der Waals surface area contributed by atoms with E-state index in [2.05, 4.69) is 19.9 Å². The predicted molar refractivity (Wildman–Crippen MR) is 102 cm³/mol. The molecule has 0 saturated heterocycles. The van der Waals surface area contributed by atoms with Gasteiger partial charge in [0.1, 0.15) is 6.10 Å². The normalized spacial score (nSPS) is 44.5. The molecule has 0 aromatic carbocycles. The van der Waals surface area contributed by atoms with Crippen LogP contribution >= 0.6 is 11.6 Å². The Balaban J connectivity index is 1.59. The van der Waals surface area contributed by atoms with E-state index in [1.165, 1.54) is 25.3 Å². The first-order valence-electron chi connectivity index (χ1n) is 10.0. The number of fused-ring (bicyclic) bond motifs is 5. The number of carbonyl (C=O) groups is 2. The van der Waals surface area contributed by atoms with Crippen molar-refractivity contribution in [1.29, 1.82) is 0 Å². The summed E-state index contributed by atoms with van der Waals surface area (Å²) in [6.45, 7) is 6.20. The second-order valence-corrected chi connectivity index (χ2v) is 9.73. The Morgan fingerprint density at radius 2 is 2.00 bits per heavy atom. The molecule has 142 valence electrons. The maximum Gasteiger partial charge on any atom is 0.302 e. The lowest BCUT2D eigenvalue weighted by atomic mass is 9.46. The van der Waals surface area contributed by atoms with Crippen LogP contribution in [0.3, 0.4) is 0 Å². The zero-order valence-electron chi connectivity index (χ0n) is 16.0. The number of esters is 1. The molecule has 0 radical (unpaired) electrons. The van der Waals surface area contributed by atoms with Crippen LogP contribution in [0.4, 0.5) is 0 Å². The van der Waals surface area contributed by atoms with Crippen molar-refractivity contribution in [3.63, 3.8) is 0 Å². The second kappa shape index (κ2) is 6.22.